The number of nitrogens with zero attached hydrogens (tertiary/aromatic N) is 2. The summed E-state index contributed by atoms with van der Waals surface area (Å²) in [6.07, 6.45) is 2.28. The van der Waals surface area contributed by atoms with E-state index in [1.807, 2.05) is 18.2 Å². The number of imidazole rings is 1. The normalized spacial score (nSPS) is 18.6. The summed E-state index contributed by atoms with van der Waals surface area (Å²) in [7, 11) is 1.29. The Balaban J connectivity index is 1.66. The highest BCUT2D eigenvalue weighted by atomic mass is 16.7. The zero-order valence-corrected chi connectivity index (χ0v) is 15.0. The number of rotatable bonds is 3. The summed E-state index contributed by atoms with van der Waals surface area (Å²) in [5.74, 6) is 0.811. The van der Waals surface area contributed by atoms with Crippen molar-refractivity contribution >= 4 is 12.0 Å². The van der Waals surface area contributed by atoms with Gasteiger partial charge in [0.25, 0.3) is 0 Å². The number of H-pyrrole nitrogens is 1. The number of urea groups is 1. The van der Waals surface area contributed by atoms with Gasteiger partial charge >= 0.3 is 12.0 Å². The van der Waals surface area contributed by atoms with Gasteiger partial charge in [0.05, 0.1) is 19.1 Å². The number of aromatic nitrogens is 2. The molecule has 0 bridgehead atoms. The van der Waals surface area contributed by atoms with Crippen molar-refractivity contribution in [3.63, 3.8) is 0 Å². The zero-order chi connectivity index (χ0) is 19.0. The molecule has 3 heterocycles. The fraction of sp³-hybridized carbons (Fsp3) is 0.389. The van der Waals surface area contributed by atoms with E-state index in [-0.39, 0.29) is 12.8 Å². The van der Waals surface area contributed by atoms with Crippen molar-refractivity contribution in [2.75, 3.05) is 20.4 Å². The summed E-state index contributed by atoms with van der Waals surface area (Å²) >= 11 is 0. The monoisotopic (exact) mass is 372 g/mol. The minimum Gasteiger partial charge on any atom is -0.467 e. The van der Waals surface area contributed by atoms with Crippen LogP contribution in [0.15, 0.2) is 24.5 Å². The fourth-order valence-electron chi connectivity index (χ4n) is 3.42. The van der Waals surface area contributed by atoms with E-state index < -0.39 is 18.1 Å². The molecule has 0 aliphatic carbocycles. The number of hydrogen-bond acceptors (Lipinski definition) is 6. The van der Waals surface area contributed by atoms with Crippen LogP contribution in [0.2, 0.25) is 0 Å². The summed E-state index contributed by atoms with van der Waals surface area (Å²) in [4.78, 5) is 33.8. The Bertz CT molecular complexity index is 880. The lowest BCUT2D eigenvalue weighted by Gasteiger charge is -2.35. The van der Waals surface area contributed by atoms with Crippen molar-refractivity contribution in [1.29, 1.82) is 0 Å². The van der Waals surface area contributed by atoms with Gasteiger partial charge in [0, 0.05) is 18.7 Å². The number of esters is 1. The van der Waals surface area contributed by atoms with E-state index in [1.54, 1.807) is 18.2 Å². The lowest BCUT2D eigenvalue weighted by Crippen LogP contribution is -2.50. The molecule has 0 radical (unpaired) electrons. The number of nitrogens with one attached hydrogen (secondary N) is 2. The van der Waals surface area contributed by atoms with Crippen molar-refractivity contribution < 1.29 is 23.8 Å². The van der Waals surface area contributed by atoms with E-state index in [0.717, 1.165) is 17.0 Å². The van der Waals surface area contributed by atoms with Crippen LogP contribution < -0.4 is 14.8 Å². The lowest BCUT2D eigenvalue weighted by atomic mass is 9.95. The molecule has 9 heteroatoms. The van der Waals surface area contributed by atoms with Crippen molar-refractivity contribution in [3.05, 3.63) is 41.5 Å². The summed E-state index contributed by atoms with van der Waals surface area (Å²) in [6, 6.07) is 4.07. The Kier molecular flexibility index (Phi) is 4.35. The van der Waals surface area contributed by atoms with Crippen molar-refractivity contribution in [2.24, 2.45) is 0 Å². The fourth-order valence-corrected chi connectivity index (χ4v) is 3.42. The van der Waals surface area contributed by atoms with Gasteiger partial charge < -0.3 is 29.4 Å². The lowest BCUT2D eigenvalue weighted by molar-refractivity contribution is -0.142. The van der Waals surface area contributed by atoms with Crippen LogP contribution in [0.1, 0.15) is 29.9 Å². The molecule has 0 saturated carbocycles. The molecule has 1 aromatic heterocycles. The highest BCUT2D eigenvalue weighted by Gasteiger charge is 2.35. The van der Waals surface area contributed by atoms with Crippen LogP contribution in [0.3, 0.4) is 0 Å². The van der Waals surface area contributed by atoms with Gasteiger partial charge in [0.15, 0.2) is 11.5 Å². The predicted octanol–water partition coefficient (Wildman–Crippen LogP) is 1.36. The number of carbonyl (C=O) groups excluding carboxylic acids is 2. The van der Waals surface area contributed by atoms with E-state index in [0.29, 0.717) is 24.5 Å². The molecule has 0 fully saturated rings. The van der Waals surface area contributed by atoms with Crippen LogP contribution >= 0.6 is 0 Å². The minimum atomic E-state index is -0.750. The molecule has 1 aromatic carbocycles. The first-order valence-corrected chi connectivity index (χ1v) is 8.65. The van der Waals surface area contributed by atoms with Crippen molar-refractivity contribution in [2.45, 2.75) is 25.4 Å². The molecule has 4 rings (SSSR count). The van der Waals surface area contributed by atoms with E-state index in [1.165, 1.54) is 7.11 Å². The first kappa shape index (κ1) is 17.2. The molecule has 27 heavy (non-hydrogen) atoms. The van der Waals surface area contributed by atoms with Crippen LogP contribution in [0, 0.1) is 0 Å². The number of hydrogen-bond donors (Lipinski definition) is 2. The predicted molar refractivity (Wildman–Crippen MR) is 93.4 cm³/mol. The van der Waals surface area contributed by atoms with Crippen molar-refractivity contribution in [3.8, 4) is 11.5 Å². The number of amides is 2. The van der Waals surface area contributed by atoms with Crippen molar-refractivity contribution in [1.82, 2.24) is 20.2 Å². The van der Waals surface area contributed by atoms with E-state index in [9.17, 15) is 9.59 Å². The quantitative estimate of drug-likeness (QED) is 0.788. The third-order valence-electron chi connectivity index (χ3n) is 4.79. The molecule has 0 spiro atoms. The number of methoxy groups -OCH3 is 1. The Morgan fingerprint density at radius 2 is 2.19 bits per heavy atom. The van der Waals surface area contributed by atoms with Crippen LogP contribution in [0.5, 0.6) is 11.5 Å². The van der Waals surface area contributed by atoms with E-state index in [2.05, 4.69) is 20.0 Å². The molecule has 2 N–H and O–H groups in total. The van der Waals surface area contributed by atoms with Gasteiger partial charge in [0.2, 0.25) is 6.79 Å². The molecule has 0 saturated heterocycles. The van der Waals surface area contributed by atoms with Crippen LogP contribution in [-0.4, -0.2) is 53.4 Å². The molecule has 9 nitrogen and oxygen atoms in total. The Morgan fingerprint density at radius 1 is 1.37 bits per heavy atom. The van der Waals surface area contributed by atoms with Crippen LogP contribution in [0.25, 0.3) is 0 Å². The number of carbonyl (C=O) groups is 2. The molecule has 2 atom stereocenters. The summed E-state index contributed by atoms with van der Waals surface area (Å²) < 4.78 is 15.5. The molecule has 142 valence electrons. The molecular formula is C18H20N4O5. The zero-order valence-electron chi connectivity index (χ0n) is 15.0. The maximum atomic E-state index is 12.9. The second-order valence-electron chi connectivity index (χ2n) is 6.42. The Hall–Kier alpha value is -3.23. The first-order valence-electron chi connectivity index (χ1n) is 8.65. The minimum absolute atomic E-state index is 0.179. The summed E-state index contributed by atoms with van der Waals surface area (Å²) in [5.41, 5.74) is 2.62. The molecule has 2 amide bonds. The Labute approximate surface area is 155 Å². The van der Waals surface area contributed by atoms with Gasteiger partial charge in [-0.25, -0.2) is 14.6 Å². The summed E-state index contributed by atoms with van der Waals surface area (Å²) in [6.45, 7) is 2.25. The second kappa shape index (κ2) is 6.82. The van der Waals surface area contributed by atoms with E-state index >= 15 is 0 Å². The number of fused-ring (bicyclic) bond motifs is 2. The molecule has 0 unspecified atom stereocenters. The van der Waals surface area contributed by atoms with Gasteiger partial charge in [-0.2, -0.15) is 0 Å². The number of aromatic amines is 1. The molecule has 2 aliphatic heterocycles. The van der Waals surface area contributed by atoms with Gasteiger partial charge in [-0.1, -0.05) is 6.07 Å². The number of benzene rings is 1. The third kappa shape index (κ3) is 3.05. The smallest absolute Gasteiger partial charge is 0.328 e. The second-order valence-corrected chi connectivity index (χ2v) is 6.42. The highest BCUT2D eigenvalue weighted by molar-refractivity contribution is 5.83. The average Bonchev–Trinajstić information content (AvgIpc) is 3.34. The molecule has 2 aliphatic rings. The van der Waals surface area contributed by atoms with Gasteiger partial charge in [-0.3, -0.25) is 0 Å². The van der Waals surface area contributed by atoms with Gasteiger partial charge in [-0.15, -0.1) is 0 Å². The Morgan fingerprint density at radius 3 is 3.00 bits per heavy atom. The number of ether oxygens (including phenoxy) is 3. The SMILES string of the molecule is COC(=O)[C@@H](C)NC(=O)N1CCc2[nH]cnc2[C@H]1c1ccc2c(c1)OCO2. The van der Waals surface area contributed by atoms with E-state index in [4.69, 9.17) is 9.47 Å². The third-order valence-corrected chi connectivity index (χ3v) is 4.79. The largest absolute Gasteiger partial charge is 0.467 e. The first-order chi connectivity index (χ1) is 13.1. The molecule has 2 aromatic rings. The standard InChI is InChI=1S/C18H20N4O5/c1-10(17(23)25-2)21-18(24)22-6-5-12-15(20-8-19-12)16(22)11-3-4-13-14(7-11)27-9-26-13/h3-4,7-8,10,16H,5-6,9H2,1-2H3,(H,19,20)(H,21,24)/t10-,16-/m1/s1. The highest BCUT2D eigenvalue weighted by Crippen LogP contribution is 2.39. The molecular weight excluding hydrogens is 352 g/mol. The average molecular weight is 372 g/mol. The summed E-state index contributed by atoms with van der Waals surface area (Å²) in [5, 5.41) is 2.69. The van der Waals surface area contributed by atoms with Gasteiger partial charge in [0.1, 0.15) is 12.1 Å². The maximum Gasteiger partial charge on any atom is 0.328 e. The van der Waals surface area contributed by atoms with Gasteiger partial charge in [-0.05, 0) is 24.6 Å². The maximum absolute atomic E-state index is 12.9. The van der Waals surface area contributed by atoms with Crippen LogP contribution in [0.4, 0.5) is 4.79 Å². The topological polar surface area (TPSA) is 106 Å². The van der Waals surface area contributed by atoms with Crippen LogP contribution in [-0.2, 0) is 16.0 Å².